The number of benzene rings is 1. The lowest BCUT2D eigenvalue weighted by Crippen LogP contribution is -2.55. The van der Waals surface area contributed by atoms with E-state index in [-0.39, 0.29) is 11.2 Å². The van der Waals surface area contributed by atoms with Crippen molar-refractivity contribution in [1.29, 1.82) is 0 Å². The third-order valence-electron chi connectivity index (χ3n) is 2.97. The zero-order valence-corrected chi connectivity index (χ0v) is 9.04. The summed E-state index contributed by atoms with van der Waals surface area (Å²) in [6, 6.07) is 7.53. The van der Waals surface area contributed by atoms with E-state index in [0.717, 1.165) is 24.3 Å². The number of piperidine rings is 1. The van der Waals surface area contributed by atoms with Gasteiger partial charge in [0.25, 0.3) is 0 Å². The molecule has 1 amide bonds. The summed E-state index contributed by atoms with van der Waals surface area (Å²) in [6.07, 6.45) is 1.06. The van der Waals surface area contributed by atoms with Gasteiger partial charge in [-0.15, -0.1) is 11.8 Å². The third kappa shape index (κ3) is 1.40. The second kappa shape index (κ2) is 3.17. The first-order valence-corrected chi connectivity index (χ1v) is 6.01. The highest BCUT2D eigenvalue weighted by molar-refractivity contribution is 8.02. The van der Waals surface area contributed by atoms with E-state index in [1.807, 2.05) is 40.9 Å². The number of carbonyl (C=O) groups excluding carboxylic acids is 1. The maximum Gasteiger partial charge on any atom is 0.240 e. The Labute approximate surface area is 92.6 Å². The Morgan fingerprint density at radius 2 is 2.00 bits per heavy atom. The standard InChI is InChI=1S/C11H12N2OS/c12-7-1-3-8(4-2-7)13-6-9-5-10(15-9)11(13)14/h1-4,9-10H,5-6,12H2. The molecule has 1 aromatic rings. The fraction of sp³-hybridized carbons (Fsp3) is 0.364. The van der Waals surface area contributed by atoms with Crippen LogP contribution in [0.4, 0.5) is 11.4 Å². The molecule has 4 rings (SSSR count). The van der Waals surface area contributed by atoms with Crippen LogP contribution in [0.25, 0.3) is 0 Å². The number of hydrogen-bond acceptors (Lipinski definition) is 3. The van der Waals surface area contributed by atoms with Crippen LogP contribution in [0.15, 0.2) is 24.3 Å². The molecule has 3 aliphatic heterocycles. The second-order valence-electron chi connectivity index (χ2n) is 4.02. The van der Waals surface area contributed by atoms with E-state index in [1.54, 1.807) is 0 Å². The molecular weight excluding hydrogens is 208 g/mol. The molecule has 4 heteroatoms. The lowest BCUT2D eigenvalue weighted by atomic mass is 10.1. The predicted octanol–water partition coefficient (Wildman–Crippen LogP) is 1.49. The molecule has 78 valence electrons. The van der Waals surface area contributed by atoms with Crippen LogP contribution < -0.4 is 10.6 Å². The van der Waals surface area contributed by atoms with Crippen LogP contribution in [0, 0.1) is 0 Å². The van der Waals surface area contributed by atoms with Crippen LogP contribution in [0.3, 0.4) is 0 Å². The average molecular weight is 220 g/mol. The van der Waals surface area contributed by atoms with Crippen molar-refractivity contribution >= 4 is 29.0 Å². The second-order valence-corrected chi connectivity index (χ2v) is 5.53. The summed E-state index contributed by atoms with van der Waals surface area (Å²) in [4.78, 5) is 13.8. The topological polar surface area (TPSA) is 46.3 Å². The monoisotopic (exact) mass is 220 g/mol. The van der Waals surface area contributed by atoms with E-state index in [9.17, 15) is 4.79 Å². The number of nitrogen functional groups attached to an aromatic ring is 1. The van der Waals surface area contributed by atoms with E-state index in [1.165, 1.54) is 0 Å². The van der Waals surface area contributed by atoms with Gasteiger partial charge in [0.05, 0.1) is 5.25 Å². The van der Waals surface area contributed by atoms with Crippen LogP contribution in [-0.2, 0) is 4.79 Å². The molecule has 2 N–H and O–H groups in total. The molecule has 3 fully saturated rings. The molecule has 3 aliphatic rings. The largest absolute Gasteiger partial charge is 0.399 e. The molecule has 0 aliphatic carbocycles. The minimum atomic E-state index is 0.210. The summed E-state index contributed by atoms with van der Waals surface area (Å²) in [5.41, 5.74) is 7.33. The number of carbonyl (C=O) groups is 1. The van der Waals surface area contributed by atoms with Crippen molar-refractivity contribution < 1.29 is 4.79 Å². The summed E-state index contributed by atoms with van der Waals surface area (Å²) in [7, 11) is 0. The van der Waals surface area contributed by atoms with Crippen molar-refractivity contribution in [2.75, 3.05) is 17.2 Å². The van der Waals surface area contributed by atoms with Crippen molar-refractivity contribution in [2.24, 2.45) is 0 Å². The van der Waals surface area contributed by atoms with E-state index >= 15 is 0 Å². The zero-order chi connectivity index (χ0) is 10.4. The lowest BCUT2D eigenvalue weighted by Gasteiger charge is -2.45. The van der Waals surface area contributed by atoms with E-state index in [0.29, 0.717) is 5.25 Å². The third-order valence-corrected chi connectivity index (χ3v) is 4.42. The summed E-state index contributed by atoms with van der Waals surface area (Å²) in [5, 5.41) is 0.853. The molecule has 3 nitrogen and oxygen atoms in total. The first kappa shape index (κ1) is 9.09. The molecule has 2 atom stereocenters. The molecule has 1 aromatic carbocycles. The van der Waals surface area contributed by atoms with E-state index < -0.39 is 0 Å². The highest BCUT2D eigenvalue weighted by atomic mass is 32.2. The molecule has 0 saturated carbocycles. The number of fused-ring (bicyclic) bond motifs is 2. The predicted molar refractivity (Wildman–Crippen MR) is 63.0 cm³/mol. The highest BCUT2D eigenvalue weighted by Crippen LogP contribution is 2.43. The van der Waals surface area contributed by atoms with Crippen LogP contribution in [0.1, 0.15) is 6.42 Å². The zero-order valence-electron chi connectivity index (χ0n) is 8.22. The molecule has 3 heterocycles. The van der Waals surface area contributed by atoms with Crippen LogP contribution in [0.2, 0.25) is 0 Å². The van der Waals surface area contributed by atoms with Gasteiger partial charge in [-0.2, -0.15) is 0 Å². The molecule has 15 heavy (non-hydrogen) atoms. The maximum absolute atomic E-state index is 11.9. The van der Waals surface area contributed by atoms with Crippen LogP contribution in [-0.4, -0.2) is 23.0 Å². The molecular formula is C11H12N2OS. The quantitative estimate of drug-likeness (QED) is 0.729. The Balaban J connectivity index is 1.88. The van der Waals surface area contributed by atoms with Crippen molar-refractivity contribution in [2.45, 2.75) is 16.9 Å². The van der Waals surface area contributed by atoms with Gasteiger partial charge < -0.3 is 10.6 Å². The van der Waals surface area contributed by atoms with Gasteiger partial charge in [-0.3, -0.25) is 4.79 Å². The van der Waals surface area contributed by atoms with Crippen molar-refractivity contribution in [1.82, 2.24) is 0 Å². The number of rotatable bonds is 1. The molecule has 0 spiro atoms. The molecule has 3 saturated heterocycles. The number of anilines is 2. The number of nitrogens with two attached hydrogens (primary N) is 1. The summed E-state index contributed by atoms with van der Waals surface area (Å²) >= 11 is 1.81. The normalized spacial score (nSPS) is 28.8. The molecule has 2 unspecified atom stereocenters. The molecule has 0 radical (unpaired) electrons. The van der Waals surface area contributed by atoms with Crippen molar-refractivity contribution in [3.05, 3.63) is 24.3 Å². The van der Waals surface area contributed by atoms with Gasteiger partial charge in [0.2, 0.25) is 5.91 Å². The van der Waals surface area contributed by atoms with Gasteiger partial charge in [0, 0.05) is 23.2 Å². The Bertz CT molecular complexity index is 398. The number of amides is 1. The Morgan fingerprint density at radius 1 is 1.33 bits per heavy atom. The number of nitrogens with zero attached hydrogens (tertiary/aromatic N) is 1. The van der Waals surface area contributed by atoms with E-state index in [2.05, 4.69) is 0 Å². The van der Waals surface area contributed by atoms with Gasteiger partial charge >= 0.3 is 0 Å². The Kier molecular flexibility index (Phi) is 1.92. The van der Waals surface area contributed by atoms with E-state index in [4.69, 9.17) is 5.73 Å². The van der Waals surface area contributed by atoms with Gasteiger partial charge in [-0.1, -0.05) is 0 Å². The summed E-state index contributed by atoms with van der Waals surface area (Å²) < 4.78 is 0. The lowest BCUT2D eigenvalue weighted by molar-refractivity contribution is -0.119. The fourth-order valence-corrected chi connectivity index (χ4v) is 3.32. The van der Waals surface area contributed by atoms with Crippen molar-refractivity contribution in [3.8, 4) is 0 Å². The Morgan fingerprint density at radius 3 is 2.60 bits per heavy atom. The minimum Gasteiger partial charge on any atom is -0.399 e. The first-order chi connectivity index (χ1) is 7.24. The number of hydrogen-bond donors (Lipinski definition) is 1. The summed E-state index contributed by atoms with van der Waals surface area (Å²) in [5.74, 6) is 0.257. The maximum atomic E-state index is 11.9. The summed E-state index contributed by atoms with van der Waals surface area (Å²) in [6.45, 7) is 0.851. The SMILES string of the molecule is Nc1ccc(N2CC3CC(S3)C2=O)cc1. The Hall–Kier alpha value is -1.16. The number of thioether (sulfide) groups is 1. The highest BCUT2D eigenvalue weighted by Gasteiger charge is 2.44. The van der Waals surface area contributed by atoms with Gasteiger partial charge in [0.15, 0.2) is 0 Å². The average Bonchev–Trinajstić information content (AvgIpc) is 2.18. The smallest absolute Gasteiger partial charge is 0.240 e. The molecule has 2 bridgehead atoms. The van der Waals surface area contributed by atoms with Gasteiger partial charge in [-0.05, 0) is 30.7 Å². The van der Waals surface area contributed by atoms with Crippen molar-refractivity contribution in [3.63, 3.8) is 0 Å². The van der Waals surface area contributed by atoms with Gasteiger partial charge in [0.1, 0.15) is 0 Å². The minimum absolute atomic E-state index is 0.210. The van der Waals surface area contributed by atoms with Crippen LogP contribution in [0.5, 0.6) is 0 Å². The van der Waals surface area contributed by atoms with Crippen LogP contribution >= 0.6 is 11.8 Å². The fourth-order valence-electron chi connectivity index (χ4n) is 2.09. The molecule has 0 aromatic heterocycles. The first-order valence-electron chi connectivity index (χ1n) is 5.06. The van der Waals surface area contributed by atoms with Gasteiger partial charge in [-0.25, -0.2) is 0 Å².